The van der Waals surface area contributed by atoms with E-state index in [1.807, 2.05) is 6.07 Å². The average Bonchev–Trinajstić information content (AvgIpc) is 3.21. The van der Waals surface area contributed by atoms with E-state index in [-0.39, 0.29) is 0 Å². The minimum absolute atomic E-state index is 0.557. The molecule has 0 aliphatic carbocycles. The van der Waals surface area contributed by atoms with Gasteiger partial charge in [0, 0.05) is 27.8 Å². The summed E-state index contributed by atoms with van der Waals surface area (Å²) in [5.41, 5.74) is 12.6. The summed E-state index contributed by atoms with van der Waals surface area (Å²) in [6, 6.07) is 70.7. The van der Waals surface area contributed by atoms with Crippen LogP contribution in [0, 0.1) is 0 Å². The van der Waals surface area contributed by atoms with Crippen LogP contribution in [0.1, 0.15) is 22.3 Å². The number of aromatic nitrogens is 1. The monoisotopic (exact) mass is 639 g/mol. The van der Waals surface area contributed by atoms with Crippen LogP contribution in [0.4, 0.5) is 0 Å². The average molecular weight is 640 g/mol. The quantitative estimate of drug-likeness (QED) is 0.181. The van der Waals surface area contributed by atoms with Gasteiger partial charge < -0.3 is 4.74 Å². The highest BCUT2D eigenvalue weighted by Gasteiger charge is 2.45. The van der Waals surface area contributed by atoms with Gasteiger partial charge in [-0.3, -0.25) is 0 Å². The van der Waals surface area contributed by atoms with Crippen LogP contribution in [-0.4, -0.2) is 4.98 Å². The number of nitrogens with zero attached hydrogens (tertiary/aromatic N) is 1. The highest BCUT2D eigenvalue weighted by atomic mass is 16.5. The third kappa shape index (κ3) is 5.01. The van der Waals surface area contributed by atoms with E-state index in [0.29, 0.717) is 0 Å². The molecule has 1 aliphatic heterocycles. The molecule has 0 N–H and O–H groups in total. The molecule has 0 fully saturated rings. The van der Waals surface area contributed by atoms with Crippen LogP contribution in [0.3, 0.4) is 0 Å². The second-order valence-electron chi connectivity index (χ2n) is 12.7. The smallest absolute Gasteiger partial charge is 0.140 e. The zero-order valence-electron chi connectivity index (χ0n) is 27.4. The van der Waals surface area contributed by atoms with E-state index in [0.717, 1.165) is 61.8 Å². The summed E-state index contributed by atoms with van der Waals surface area (Å²) in [4.78, 5) is 5.16. The standard InChI is InChI=1S/C48H33NO/c1-5-16-34(17-6-1)38-32-44(36-18-7-2-8-19-36)49-45(33-38)37-30-28-35(29-31-37)41-24-15-26-43-47(41)50-46-27-14-13-25-42(46)48(43,39-20-9-3-10-21-39)40-22-11-4-12-23-40/h1-33H. The fourth-order valence-electron chi connectivity index (χ4n) is 7.51. The van der Waals surface area contributed by atoms with Crippen molar-refractivity contribution in [3.05, 3.63) is 222 Å². The lowest BCUT2D eigenvalue weighted by atomic mass is 9.63. The first-order valence-electron chi connectivity index (χ1n) is 17.0. The fourth-order valence-corrected chi connectivity index (χ4v) is 7.51. The number of fused-ring (bicyclic) bond motifs is 2. The molecule has 0 unspecified atom stereocenters. The van der Waals surface area contributed by atoms with Crippen molar-refractivity contribution in [1.29, 1.82) is 0 Å². The molecule has 7 aromatic carbocycles. The van der Waals surface area contributed by atoms with E-state index in [2.05, 4.69) is 194 Å². The van der Waals surface area contributed by atoms with Gasteiger partial charge >= 0.3 is 0 Å². The minimum atomic E-state index is -0.557. The van der Waals surface area contributed by atoms with Gasteiger partial charge in [-0.15, -0.1) is 0 Å². The molecule has 1 aromatic heterocycles. The number of hydrogen-bond acceptors (Lipinski definition) is 2. The van der Waals surface area contributed by atoms with Crippen LogP contribution in [0.25, 0.3) is 44.8 Å². The molecule has 2 heteroatoms. The lowest BCUT2D eigenvalue weighted by Gasteiger charge is -2.42. The highest BCUT2D eigenvalue weighted by molar-refractivity contribution is 5.82. The molecule has 0 saturated carbocycles. The van der Waals surface area contributed by atoms with Crippen molar-refractivity contribution in [1.82, 2.24) is 4.98 Å². The van der Waals surface area contributed by atoms with Gasteiger partial charge in [0.2, 0.25) is 0 Å². The second kappa shape index (κ2) is 12.5. The summed E-state index contributed by atoms with van der Waals surface area (Å²) in [6.45, 7) is 0. The number of para-hydroxylation sites is 2. The zero-order valence-corrected chi connectivity index (χ0v) is 27.4. The highest BCUT2D eigenvalue weighted by Crippen LogP contribution is 2.57. The van der Waals surface area contributed by atoms with Crippen LogP contribution in [0.5, 0.6) is 11.5 Å². The van der Waals surface area contributed by atoms with Crippen molar-refractivity contribution in [2.45, 2.75) is 5.41 Å². The molecule has 0 radical (unpaired) electrons. The predicted molar refractivity (Wildman–Crippen MR) is 204 cm³/mol. The summed E-state index contributed by atoms with van der Waals surface area (Å²) in [5.74, 6) is 1.74. The maximum absolute atomic E-state index is 6.89. The Balaban J connectivity index is 1.19. The van der Waals surface area contributed by atoms with Crippen molar-refractivity contribution in [2.75, 3.05) is 0 Å². The minimum Gasteiger partial charge on any atom is -0.456 e. The van der Waals surface area contributed by atoms with Crippen molar-refractivity contribution in [3.63, 3.8) is 0 Å². The Morgan fingerprint density at radius 1 is 0.360 bits per heavy atom. The Bertz CT molecular complexity index is 2320. The summed E-state index contributed by atoms with van der Waals surface area (Å²) in [6.07, 6.45) is 0. The molecule has 0 spiro atoms. The van der Waals surface area contributed by atoms with E-state index in [4.69, 9.17) is 9.72 Å². The van der Waals surface area contributed by atoms with Gasteiger partial charge in [0.1, 0.15) is 11.5 Å². The summed E-state index contributed by atoms with van der Waals surface area (Å²) < 4.78 is 6.89. The molecule has 8 aromatic rings. The first-order valence-corrected chi connectivity index (χ1v) is 17.0. The van der Waals surface area contributed by atoms with Crippen molar-refractivity contribution in [2.24, 2.45) is 0 Å². The summed E-state index contributed by atoms with van der Waals surface area (Å²) in [7, 11) is 0. The molecule has 9 rings (SSSR count). The van der Waals surface area contributed by atoms with Crippen molar-refractivity contribution >= 4 is 0 Å². The normalized spacial score (nSPS) is 12.7. The van der Waals surface area contributed by atoms with Crippen LogP contribution in [-0.2, 0) is 5.41 Å². The van der Waals surface area contributed by atoms with Gasteiger partial charge in [-0.05, 0) is 46.0 Å². The van der Waals surface area contributed by atoms with Crippen molar-refractivity contribution in [3.8, 4) is 56.3 Å². The summed E-state index contributed by atoms with van der Waals surface area (Å²) in [5, 5.41) is 0. The van der Waals surface area contributed by atoms with E-state index in [1.165, 1.54) is 16.7 Å². The Kier molecular flexibility index (Phi) is 7.40. The van der Waals surface area contributed by atoms with E-state index in [1.54, 1.807) is 0 Å². The molecule has 1 aliphatic rings. The van der Waals surface area contributed by atoms with Gasteiger partial charge in [0.25, 0.3) is 0 Å². The fraction of sp³-hybridized carbons (Fsp3) is 0.0208. The predicted octanol–water partition coefficient (Wildman–Crippen LogP) is 12.2. The molecule has 2 heterocycles. The van der Waals surface area contributed by atoms with Crippen LogP contribution in [0.2, 0.25) is 0 Å². The molecule has 0 bridgehead atoms. The van der Waals surface area contributed by atoms with E-state index in [9.17, 15) is 0 Å². The molecule has 236 valence electrons. The number of pyridine rings is 1. The Morgan fingerprint density at radius 3 is 1.46 bits per heavy atom. The Morgan fingerprint density at radius 2 is 0.840 bits per heavy atom. The van der Waals surface area contributed by atoms with Crippen LogP contribution < -0.4 is 4.74 Å². The molecule has 50 heavy (non-hydrogen) atoms. The Hall–Kier alpha value is -6.51. The van der Waals surface area contributed by atoms with E-state index >= 15 is 0 Å². The molecule has 0 atom stereocenters. The lowest BCUT2D eigenvalue weighted by Crippen LogP contribution is -2.34. The maximum Gasteiger partial charge on any atom is 0.140 e. The third-order valence-corrected chi connectivity index (χ3v) is 9.83. The molecule has 0 saturated heterocycles. The van der Waals surface area contributed by atoms with Crippen LogP contribution in [0.15, 0.2) is 200 Å². The number of hydrogen-bond donors (Lipinski definition) is 0. The van der Waals surface area contributed by atoms with Crippen LogP contribution >= 0.6 is 0 Å². The molecular formula is C48H33NO. The molecular weight excluding hydrogens is 607 g/mol. The second-order valence-corrected chi connectivity index (χ2v) is 12.7. The number of benzene rings is 7. The largest absolute Gasteiger partial charge is 0.456 e. The van der Waals surface area contributed by atoms with Gasteiger partial charge in [-0.25, -0.2) is 4.98 Å². The maximum atomic E-state index is 6.89. The number of ether oxygens (including phenoxy) is 1. The zero-order chi connectivity index (χ0) is 33.3. The SMILES string of the molecule is c1ccc(-c2cc(-c3ccccc3)nc(-c3ccc(-c4cccc5c4Oc4ccccc4C5(c4ccccc4)c4ccccc4)cc3)c2)cc1. The first kappa shape index (κ1) is 29.6. The number of rotatable bonds is 6. The van der Waals surface area contributed by atoms with Gasteiger partial charge in [0.15, 0.2) is 0 Å². The Labute approximate surface area is 293 Å². The lowest BCUT2D eigenvalue weighted by molar-refractivity contribution is 0.436. The van der Waals surface area contributed by atoms with Crippen molar-refractivity contribution < 1.29 is 4.74 Å². The first-order chi connectivity index (χ1) is 24.8. The third-order valence-electron chi connectivity index (χ3n) is 9.83. The topological polar surface area (TPSA) is 22.1 Å². The van der Waals surface area contributed by atoms with Gasteiger partial charge in [-0.1, -0.05) is 182 Å². The van der Waals surface area contributed by atoms with Gasteiger partial charge in [-0.2, -0.15) is 0 Å². The summed E-state index contributed by atoms with van der Waals surface area (Å²) >= 11 is 0. The van der Waals surface area contributed by atoms with E-state index < -0.39 is 5.41 Å². The molecule has 0 amide bonds. The molecule has 2 nitrogen and oxygen atoms in total. The van der Waals surface area contributed by atoms with Gasteiger partial charge in [0.05, 0.1) is 16.8 Å².